The number of aryl methyl sites for hydroxylation is 1. The molecular formula is C16H21Cl2N3OS. The predicted molar refractivity (Wildman–Crippen MR) is 99.9 cm³/mol. The number of hydrogen-bond donors (Lipinski definition) is 2. The average Bonchev–Trinajstić information content (AvgIpc) is 3.11. The van der Waals surface area contributed by atoms with Crippen molar-refractivity contribution in [2.45, 2.75) is 25.8 Å². The quantitative estimate of drug-likeness (QED) is 0.865. The zero-order valence-corrected chi connectivity index (χ0v) is 15.3. The van der Waals surface area contributed by atoms with Gasteiger partial charge in [-0.25, -0.2) is 4.98 Å². The fraction of sp³-hybridized carbons (Fsp3) is 0.375. The van der Waals surface area contributed by atoms with Crippen LogP contribution < -0.4 is 10.6 Å². The van der Waals surface area contributed by atoms with Crippen LogP contribution in [0, 0.1) is 6.92 Å². The van der Waals surface area contributed by atoms with Crippen LogP contribution in [0.3, 0.4) is 0 Å². The van der Waals surface area contributed by atoms with Crippen molar-refractivity contribution in [3.63, 3.8) is 0 Å². The Morgan fingerprint density at radius 2 is 2.09 bits per heavy atom. The lowest BCUT2D eigenvalue weighted by molar-refractivity contribution is -0.121. The summed E-state index contributed by atoms with van der Waals surface area (Å²) in [6.07, 6.45) is 1.37. The van der Waals surface area contributed by atoms with Crippen molar-refractivity contribution < 1.29 is 4.79 Å². The number of aromatic nitrogens is 1. The Labute approximate surface area is 152 Å². The Balaban J connectivity index is 0.00000132. The molecule has 2 aromatic rings. The van der Waals surface area contributed by atoms with Gasteiger partial charge in [0.25, 0.3) is 0 Å². The largest absolute Gasteiger partial charge is 0.352 e. The summed E-state index contributed by atoms with van der Waals surface area (Å²) < 4.78 is 0. The van der Waals surface area contributed by atoms with Gasteiger partial charge in [0.05, 0.1) is 12.1 Å². The van der Waals surface area contributed by atoms with Crippen molar-refractivity contribution in [2.24, 2.45) is 0 Å². The third-order valence-electron chi connectivity index (χ3n) is 3.62. The molecule has 1 aromatic carbocycles. The molecular weight excluding hydrogens is 353 g/mol. The normalized spacial score (nSPS) is 16.3. The third-order valence-corrected chi connectivity index (χ3v) is 4.56. The van der Waals surface area contributed by atoms with Crippen LogP contribution in [-0.4, -0.2) is 30.0 Å². The number of halogens is 2. The second-order valence-electron chi connectivity index (χ2n) is 5.44. The Morgan fingerprint density at radius 3 is 2.74 bits per heavy atom. The van der Waals surface area contributed by atoms with Crippen LogP contribution in [0.1, 0.15) is 17.7 Å². The summed E-state index contributed by atoms with van der Waals surface area (Å²) >= 11 is 1.59. The number of nitrogens with one attached hydrogen (secondary N) is 2. The van der Waals surface area contributed by atoms with Gasteiger partial charge < -0.3 is 10.6 Å². The van der Waals surface area contributed by atoms with Crippen LogP contribution in [0.5, 0.6) is 0 Å². The number of nitrogens with zero attached hydrogens (tertiary/aromatic N) is 1. The smallest absolute Gasteiger partial charge is 0.226 e. The molecule has 7 heteroatoms. The summed E-state index contributed by atoms with van der Waals surface area (Å²) in [5, 5.41) is 9.24. The Morgan fingerprint density at radius 1 is 1.35 bits per heavy atom. The standard InChI is InChI=1S/C16H19N3OS.2ClH/c1-11-2-4-12(5-3-11)16-19-14(10-21-16)8-15(20)18-13-6-7-17-9-13;;/h2-5,10,13,17H,6-9H2,1H3,(H,18,20);2*1H. The van der Waals surface area contributed by atoms with Gasteiger partial charge in [-0.2, -0.15) is 0 Å². The van der Waals surface area contributed by atoms with Gasteiger partial charge in [-0.05, 0) is 19.9 Å². The SMILES string of the molecule is Cc1ccc(-c2nc(CC(=O)NC3CCNC3)cs2)cc1.Cl.Cl. The van der Waals surface area contributed by atoms with Gasteiger partial charge in [0.1, 0.15) is 5.01 Å². The molecule has 0 radical (unpaired) electrons. The minimum atomic E-state index is 0. The van der Waals surface area contributed by atoms with Crippen molar-refractivity contribution in [2.75, 3.05) is 13.1 Å². The molecule has 1 aliphatic rings. The molecule has 2 heterocycles. The summed E-state index contributed by atoms with van der Waals surface area (Å²) in [7, 11) is 0. The minimum Gasteiger partial charge on any atom is -0.352 e. The topological polar surface area (TPSA) is 54.0 Å². The van der Waals surface area contributed by atoms with E-state index in [1.165, 1.54) is 5.56 Å². The van der Waals surface area contributed by atoms with Gasteiger partial charge in [-0.15, -0.1) is 36.2 Å². The van der Waals surface area contributed by atoms with Crippen LogP contribution in [0.25, 0.3) is 10.6 Å². The van der Waals surface area contributed by atoms with E-state index in [-0.39, 0.29) is 36.8 Å². The molecule has 1 aliphatic heterocycles. The van der Waals surface area contributed by atoms with Gasteiger partial charge in [0.2, 0.25) is 5.91 Å². The molecule has 1 fully saturated rings. The van der Waals surface area contributed by atoms with Crippen LogP contribution in [-0.2, 0) is 11.2 Å². The number of hydrogen-bond acceptors (Lipinski definition) is 4. The molecule has 3 rings (SSSR count). The highest BCUT2D eigenvalue weighted by molar-refractivity contribution is 7.13. The van der Waals surface area contributed by atoms with Crippen molar-refractivity contribution in [3.8, 4) is 10.6 Å². The summed E-state index contributed by atoms with van der Waals surface area (Å²) in [6.45, 7) is 3.93. The van der Waals surface area contributed by atoms with E-state index in [0.29, 0.717) is 6.42 Å². The van der Waals surface area contributed by atoms with Crippen molar-refractivity contribution in [1.29, 1.82) is 0 Å². The number of benzene rings is 1. The first-order chi connectivity index (χ1) is 10.2. The van der Waals surface area contributed by atoms with Crippen LogP contribution >= 0.6 is 36.2 Å². The van der Waals surface area contributed by atoms with Gasteiger partial charge >= 0.3 is 0 Å². The number of carbonyl (C=O) groups excluding carboxylic acids is 1. The molecule has 1 atom stereocenters. The Hall–Kier alpha value is -1.14. The fourth-order valence-electron chi connectivity index (χ4n) is 2.44. The lowest BCUT2D eigenvalue weighted by Gasteiger charge is -2.10. The molecule has 126 valence electrons. The second kappa shape index (κ2) is 9.23. The first kappa shape index (κ1) is 19.9. The van der Waals surface area contributed by atoms with E-state index in [9.17, 15) is 4.79 Å². The first-order valence-electron chi connectivity index (χ1n) is 7.22. The lowest BCUT2D eigenvalue weighted by atomic mass is 10.2. The number of carbonyl (C=O) groups is 1. The predicted octanol–water partition coefficient (Wildman–Crippen LogP) is 2.98. The van der Waals surface area contributed by atoms with Gasteiger partial charge in [-0.3, -0.25) is 4.79 Å². The van der Waals surface area contributed by atoms with Crippen molar-refractivity contribution in [1.82, 2.24) is 15.6 Å². The highest BCUT2D eigenvalue weighted by Gasteiger charge is 2.17. The maximum atomic E-state index is 12.0. The molecule has 0 aliphatic carbocycles. The van der Waals surface area contributed by atoms with Crippen molar-refractivity contribution in [3.05, 3.63) is 40.9 Å². The molecule has 0 saturated carbocycles. The number of thiazole rings is 1. The molecule has 1 saturated heterocycles. The van der Waals surface area contributed by atoms with Crippen molar-refractivity contribution >= 4 is 42.1 Å². The molecule has 23 heavy (non-hydrogen) atoms. The second-order valence-corrected chi connectivity index (χ2v) is 6.30. The van der Waals surface area contributed by atoms with Crippen LogP contribution in [0.15, 0.2) is 29.6 Å². The maximum absolute atomic E-state index is 12.0. The summed E-state index contributed by atoms with van der Waals surface area (Å²) in [4.78, 5) is 16.6. The Kier molecular flexibility index (Phi) is 7.99. The maximum Gasteiger partial charge on any atom is 0.226 e. The van der Waals surface area contributed by atoms with E-state index >= 15 is 0 Å². The molecule has 1 unspecified atom stereocenters. The van der Waals surface area contributed by atoms with E-state index in [0.717, 1.165) is 35.8 Å². The van der Waals surface area contributed by atoms with Gasteiger partial charge in [-0.1, -0.05) is 29.8 Å². The van der Waals surface area contributed by atoms with E-state index in [2.05, 4.69) is 46.8 Å². The lowest BCUT2D eigenvalue weighted by Crippen LogP contribution is -2.37. The molecule has 1 aromatic heterocycles. The molecule has 1 amide bonds. The molecule has 2 N–H and O–H groups in total. The van der Waals surface area contributed by atoms with E-state index in [1.54, 1.807) is 11.3 Å². The van der Waals surface area contributed by atoms with Gasteiger partial charge in [0.15, 0.2) is 0 Å². The van der Waals surface area contributed by atoms with E-state index < -0.39 is 0 Å². The first-order valence-corrected chi connectivity index (χ1v) is 8.10. The van der Waals surface area contributed by atoms with Crippen LogP contribution in [0.2, 0.25) is 0 Å². The molecule has 0 bridgehead atoms. The summed E-state index contributed by atoms with van der Waals surface area (Å²) in [5.74, 6) is 0.0597. The summed E-state index contributed by atoms with van der Waals surface area (Å²) in [6, 6.07) is 8.57. The molecule has 4 nitrogen and oxygen atoms in total. The zero-order chi connectivity index (χ0) is 14.7. The van der Waals surface area contributed by atoms with Gasteiger partial charge in [0, 0.05) is 23.5 Å². The number of amides is 1. The molecule has 0 spiro atoms. The average molecular weight is 374 g/mol. The van der Waals surface area contributed by atoms with E-state index in [1.807, 2.05) is 5.38 Å². The monoisotopic (exact) mass is 373 g/mol. The Bertz CT molecular complexity index is 625. The number of rotatable bonds is 4. The highest BCUT2D eigenvalue weighted by Crippen LogP contribution is 2.24. The zero-order valence-electron chi connectivity index (χ0n) is 12.9. The third kappa shape index (κ3) is 5.46. The summed E-state index contributed by atoms with van der Waals surface area (Å²) in [5.41, 5.74) is 3.19. The highest BCUT2D eigenvalue weighted by atomic mass is 35.5. The minimum absolute atomic E-state index is 0. The van der Waals surface area contributed by atoms with E-state index in [4.69, 9.17) is 0 Å². The van der Waals surface area contributed by atoms with Crippen LogP contribution in [0.4, 0.5) is 0 Å². The fourth-order valence-corrected chi connectivity index (χ4v) is 3.26.